The van der Waals surface area contributed by atoms with Crippen LogP contribution in [0.1, 0.15) is 20.8 Å². The lowest BCUT2D eigenvalue weighted by Gasteiger charge is -2.23. The summed E-state index contributed by atoms with van der Waals surface area (Å²) in [4.78, 5) is 8.35. The normalized spacial score (nSPS) is 12.6. The van der Waals surface area contributed by atoms with Crippen molar-refractivity contribution in [2.45, 2.75) is 26.8 Å². The number of hydrogen-bond donors (Lipinski definition) is 2. The number of hydrogen-bond acceptors (Lipinski definition) is 5. The smallest absolute Gasteiger partial charge is 0.224 e. The summed E-state index contributed by atoms with van der Waals surface area (Å²) in [6, 6.07) is 0.169. The van der Waals surface area contributed by atoms with Crippen LogP contribution < -0.4 is 10.6 Å². The van der Waals surface area contributed by atoms with E-state index in [-0.39, 0.29) is 6.04 Å². The number of anilines is 2. The first-order valence-electron chi connectivity index (χ1n) is 6.13. The maximum atomic E-state index is 6.08. The fourth-order valence-corrected chi connectivity index (χ4v) is 1.56. The molecule has 6 heteroatoms. The van der Waals surface area contributed by atoms with Gasteiger partial charge in [0, 0.05) is 13.7 Å². The molecule has 0 saturated carbocycles. The lowest BCUT2D eigenvalue weighted by Crippen LogP contribution is -2.31. The molecule has 102 valence electrons. The van der Waals surface area contributed by atoms with E-state index in [0.29, 0.717) is 35.9 Å². The molecule has 1 unspecified atom stereocenters. The van der Waals surface area contributed by atoms with Crippen molar-refractivity contribution in [3.05, 3.63) is 11.2 Å². The van der Waals surface area contributed by atoms with Crippen LogP contribution in [0, 0.1) is 5.92 Å². The van der Waals surface area contributed by atoms with Crippen LogP contribution in [-0.4, -0.2) is 36.3 Å². The van der Waals surface area contributed by atoms with Crippen LogP contribution in [-0.2, 0) is 4.74 Å². The van der Waals surface area contributed by atoms with Gasteiger partial charge in [-0.15, -0.1) is 0 Å². The van der Waals surface area contributed by atoms with Crippen molar-refractivity contribution in [3.8, 4) is 0 Å². The zero-order valence-electron chi connectivity index (χ0n) is 11.3. The van der Waals surface area contributed by atoms with Crippen LogP contribution in [0.4, 0.5) is 11.8 Å². The summed E-state index contributed by atoms with van der Waals surface area (Å²) in [5.74, 6) is 1.59. The Labute approximate surface area is 113 Å². The van der Waals surface area contributed by atoms with E-state index in [1.54, 1.807) is 13.2 Å². The summed E-state index contributed by atoms with van der Waals surface area (Å²) < 4.78 is 5.46. The molecule has 0 fully saturated rings. The Bertz CT molecular complexity index is 373. The molecule has 5 nitrogen and oxygen atoms in total. The number of halogens is 1. The predicted octanol–water partition coefficient (Wildman–Crippen LogP) is 2.64. The molecule has 0 amide bonds. The number of nitrogens with one attached hydrogen (secondary N) is 2. The minimum Gasteiger partial charge on any atom is -0.380 e. The molecule has 2 N–H and O–H groups in total. The minimum absolute atomic E-state index is 0.169. The molecule has 0 aliphatic rings. The molecule has 0 aromatic carbocycles. The van der Waals surface area contributed by atoms with Crippen LogP contribution in [0.15, 0.2) is 6.20 Å². The highest BCUT2D eigenvalue weighted by Crippen LogP contribution is 2.21. The van der Waals surface area contributed by atoms with E-state index in [9.17, 15) is 0 Å². The van der Waals surface area contributed by atoms with Crippen molar-refractivity contribution >= 4 is 23.4 Å². The number of nitrogens with zero attached hydrogens (tertiary/aromatic N) is 2. The molecule has 0 aliphatic carbocycles. The van der Waals surface area contributed by atoms with Crippen molar-refractivity contribution in [1.82, 2.24) is 9.97 Å². The predicted molar refractivity (Wildman–Crippen MR) is 75.3 cm³/mol. The summed E-state index contributed by atoms with van der Waals surface area (Å²) in [7, 11) is 1.77. The third kappa shape index (κ3) is 4.31. The van der Waals surface area contributed by atoms with Gasteiger partial charge in [0.1, 0.15) is 5.02 Å². The number of ether oxygens (including phenoxy) is 1. The van der Waals surface area contributed by atoms with Gasteiger partial charge < -0.3 is 15.4 Å². The molecule has 0 aliphatic heterocycles. The van der Waals surface area contributed by atoms with Gasteiger partial charge in [0.2, 0.25) is 5.95 Å². The molecule has 1 heterocycles. The second-order valence-corrected chi connectivity index (χ2v) is 4.70. The van der Waals surface area contributed by atoms with Gasteiger partial charge in [0.05, 0.1) is 18.8 Å². The van der Waals surface area contributed by atoms with Crippen molar-refractivity contribution in [3.63, 3.8) is 0 Å². The third-order valence-electron chi connectivity index (χ3n) is 2.60. The van der Waals surface area contributed by atoms with E-state index in [1.165, 1.54) is 0 Å². The SMILES string of the molecule is CCOCC(Nc1nc(NC)ncc1Cl)C(C)C. The third-order valence-corrected chi connectivity index (χ3v) is 2.87. The summed E-state index contributed by atoms with van der Waals surface area (Å²) in [5.41, 5.74) is 0. The first-order valence-corrected chi connectivity index (χ1v) is 6.50. The highest BCUT2D eigenvalue weighted by Gasteiger charge is 2.16. The van der Waals surface area contributed by atoms with E-state index in [4.69, 9.17) is 16.3 Å². The van der Waals surface area contributed by atoms with E-state index < -0.39 is 0 Å². The molecule has 1 aromatic rings. The van der Waals surface area contributed by atoms with Gasteiger partial charge in [-0.05, 0) is 12.8 Å². The van der Waals surface area contributed by atoms with Gasteiger partial charge in [-0.2, -0.15) is 4.98 Å². The van der Waals surface area contributed by atoms with Crippen LogP contribution >= 0.6 is 11.6 Å². The Balaban J connectivity index is 2.78. The molecule has 1 rings (SSSR count). The first-order chi connectivity index (χ1) is 8.58. The van der Waals surface area contributed by atoms with Crippen LogP contribution in [0.5, 0.6) is 0 Å². The molecular weight excluding hydrogens is 252 g/mol. The monoisotopic (exact) mass is 272 g/mol. The Hall–Kier alpha value is -1.07. The van der Waals surface area contributed by atoms with E-state index >= 15 is 0 Å². The number of aromatic nitrogens is 2. The molecule has 0 spiro atoms. The van der Waals surface area contributed by atoms with Crippen LogP contribution in [0.25, 0.3) is 0 Å². The molecule has 0 radical (unpaired) electrons. The molecule has 0 bridgehead atoms. The highest BCUT2D eigenvalue weighted by molar-refractivity contribution is 6.32. The van der Waals surface area contributed by atoms with Crippen molar-refractivity contribution < 1.29 is 4.74 Å². The molecule has 0 saturated heterocycles. The standard InChI is InChI=1S/C12H21ClN4O/c1-5-18-7-10(8(2)3)16-11-9(13)6-15-12(14-4)17-11/h6,8,10H,5,7H2,1-4H3,(H2,14,15,16,17). The van der Waals surface area contributed by atoms with Gasteiger partial charge >= 0.3 is 0 Å². The zero-order chi connectivity index (χ0) is 13.5. The fraction of sp³-hybridized carbons (Fsp3) is 0.667. The Morgan fingerprint density at radius 2 is 2.17 bits per heavy atom. The van der Waals surface area contributed by atoms with Gasteiger partial charge in [0.25, 0.3) is 0 Å². The molecular formula is C12H21ClN4O. The minimum atomic E-state index is 0.169. The van der Waals surface area contributed by atoms with Gasteiger partial charge in [-0.3, -0.25) is 0 Å². The average Bonchev–Trinajstić information content (AvgIpc) is 2.36. The Morgan fingerprint density at radius 1 is 1.44 bits per heavy atom. The summed E-state index contributed by atoms with van der Waals surface area (Å²) >= 11 is 6.08. The summed E-state index contributed by atoms with van der Waals surface area (Å²) in [6.45, 7) is 7.57. The van der Waals surface area contributed by atoms with Gasteiger partial charge in [-0.1, -0.05) is 25.4 Å². The molecule has 1 atom stereocenters. The second-order valence-electron chi connectivity index (χ2n) is 4.29. The lowest BCUT2D eigenvalue weighted by atomic mass is 10.1. The summed E-state index contributed by atoms with van der Waals surface area (Å²) in [5, 5.41) is 6.71. The van der Waals surface area contributed by atoms with Crippen LogP contribution in [0.2, 0.25) is 5.02 Å². The fourth-order valence-electron chi connectivity index (χ4n) is 1.41. The van der Waals surface area contributed by atoms with Crippen molar-refractivity contribution in [1.29, 1.82) is 0 Å². The maximum absolute atomic E-state index is 6.08. The van der Waals surface area contributed by atoms with Crippen molar-refractivity contribution in [2.75, 3.05) is 30.9 Å². The maximum Gasteiger partial charge on any atom is 0.224 e. The number of rotatable bonds is 7. The van der Waals surface area contributed by atoms with Gasteiger partial charge in [-0.25, -0.2) is 4.98 Å². The largest absolute Gasteiger partial charge is 0.380 e. The Kier molecular flexibility index (Phi) is 6.15. The average molecular weight is 273 g/mol. The zero-order valence-corrected chi connectivity index (χ0v) is 12.1. The first kappa shape index (κ1) is 15.0. The van der Waals surface area contributed by atoms with E-state index in [0.717, 1.165) is 0 Å². The van der Waals surface area contributed by atoms with Gasteiger partial charge in [0.15, 0.2) is 5.82 Å². The topological polar surface area (TPSA) is 59.1 Å². The Morgan fingerprint density at radius 3 is 2.72 bits per heavy atom. The van der Waals surface area contributed by atoms with Crippen LogP contribution in [0.3, 0.4) is 0 Å². The second kappa shape index (κ2) is 7.38. The lowest BCUT2D eigenvalue weighted by molar-refractivity contribution is 0.126. The molecule has 18 heavy (non-hydrogen) atoms. The van der Waals surface area contributed by atoms with E-state index in [1.807, 2.05) is 6.92 Å². The quantitative estimate of drug-likeness (QED) is 0.799. The molecule has 1 aromatic heterocycles. The highest BCUT2D eigenvalue weighted by atomic mass is 35.5. The summed E-state index contributed by atoms with van der Waals surface area (Å²) in [6.07, 6.45) is 1.58. The van der Waals surface area contributed by atoms with Crippen molar-refractivity contribution in [2.24, 2.45) is 5.92 Å². The van der Waals surface area contributed by atoms with E-state index in [2.05, 4.69) is 34.4 Å².